The van der Waals surface area contributed by atoms with Crippen LogP contribution >= 0.6 is 0 Å². The van der Waals surface area contributed by atoms with Crippen LogP contribution in [0, 0.1) is 18.3 Å². The minimum atomic E-state index is -0.739. The molecule has 0 aliphatic carbocycles. The van der Waals surface area contributed by atoms with Gasteiger partial charge in [0.25, 0.3) is 5.91 Å². The average Bonchev–Trinajstić information content (AvgIpc) is 3.02. The topological polar surface area (TPSA) is 115 Å². The Balaban J connectivity index is 1.64. The number of amidine groups is 1. The molecule has 2 unspecified atom stereocenters. The van der Waals surface area contributed by atoms with Gasteiger partial charge in [0.05, 0.1) is 26.2 Å². The van der Waals surface area contributed by atoms with Crippen molar-refractivity contribution in [1.82, 2.24) is 5.32 Å². The maximum absolute atomic E-state index is 13.5. The summed E-state index contributed by atoms with van der Waals surface area (Å²) in [5.74, 6) is -0.836. The van der Waals surface area contributed by atoms with Gasteiger partial charge in [0.1, 0.15) is 11.6 Å². The quantitative estimate of drug-likeness (QED) is 0.122. The number of amides is 1. The van der Waals surface area contributed by atoms with Crippen molar-refractivity contribution in [3.63, 3.8) is 0 Å². The van der Waals surface area contributed by atoms with Crippen molar-refractivity contribution in [3.8, 4) is 16.9 Å². The van der Waals surface area contributed by atoms with Crippen molar-refractivity contribution < 1.29 is 19.1 Å². The molecule has 1 amide bonds. The molecule has 0 saturated carbocycles. The molecule has 0 radical (unpaired) electrons. The molecule has 0 aliphatic rings. The van der Waals surface area contributed by atoms with E-state index in [0.717, 1.165) is 33.6 Å². The predicted molar refractivity (Wildman–Crippen MR) is 167 cm³/mol. The average molecular weight is 562 g/mol. The fourth-order valence-corrected chi connectivity index (χ4v) is 4.76. The number of methoxy groups -OCH3 is 2. The van der Waals surface area contributed by atoms with Crippen LogP contribution < -0.4 is 15.8 Å². The Labute approximate surface area is 246 Å². The fourth-order valence-electron chi connectivity index (χ4n) is 4.76. The van der Waals surface area contributed by atoms with Gasteiger partial charge in [-0.05, 0) is 59.9 Å². The van der Waals surface area contributed by atoms with Crippen molar-refractivity contribution in [2.24, 2.45) is 11.7 Å². The Kier molecular flexibility index (Phi) is 9.90. The lowest BCUT2D eigenvalue weighted by Gasteiger charge is -2.24. The van der Waals surface area contributed by atoms with E-state index >= 15 is 0 Å². The zero-order chi connectivity index (χ0) is 30.1. The largest absolute Gasteiger partial charge is 0.496 e. The number of benzene rings is 4. The smallest absolute Gasteiger partial charge is 0.311 e. The maximum Gasteiger partial charge on any atom is 0.311 e. The van der Waals surface area contributed by atoms with Crippen molar-refractivity contribution >= 4 is 23.8 Å². The highest BCUT2D eigenvalue weighted by atomic mass is 16.5. The number of esters is 1. The monoisotopic (exact) mass is 561 g/mol. The van der Waals surface area contributed by atoms with Gasteiger partial charge in [0.15, 0.2) is 0 Å². The number of nitrogens with one attached hydrogen (secondary N) is 2. The van der Waals surface area contributed by atoms with E-state index in [0.29, 0.717) is 11.1 Å². The number of nitrogen functional groups attached to an aromatic ring is 1. The van der Waals surface area contributed by atoms with Crippen molar-refractivity contribution in [2.75, 3.05) is 14.2 Å². The van der Waals surface area contributed by atoms with Gasteiger partial charge in [0, 0.05) is 16.7 Å². The van der Waals surface area contributed by atoms with E-state index in [1.807, 2.05) is 85.8 Å². The molecule has 7 nitrogen and oxygen atoms in total. The highest BCUT2D eigenvalue weighted by molar-refractivity contribution is 5.96. The molecule has 2 atom stereocenters. The van der Waals surface area contributed by atoms with Gasteiger partial charge in [-0.3, -0.25) is 15.0 Å². The van der Waals surface area contributed by atoms with Gasteiger partial charge in [-0.1, -0.05) is 84.9 Å². The lowest BCUT2D eigenvalue weighted by Crippen LogP contribution is -2.43. The zero-order valence-electron chi connectivity index (χ0n) is 24.0. The molecule has 42 heavy (non-hydrogen) atoms. The van der Waals surface area contributed by atoms with Crippen molar-refractivity contribution in [1.29, 1.82) is 5.41 Å². The van der Waals surface area contributed by atoms with E-state index in [4.69, 9.17) is 20.6 Å². The summed E-state index contributed by atoms with van der Waals surface area (Å²) >= 11 is 0. The highest BCUT2D eigenvalue weighted by Crippen LogP contribution is 2.31. The van der Waals surface area contributed by atoms with Crippen LogP contribution in [0.1, 0.15) is 32.6 Å². The lowest BCUT2D eigenvalue weighted by atomic mass is 9.90. The summed E-state index contributed by atoms with van der Waals surface area (Å²) in [6, 6.07) is 29.4. The van der Waals surface area contributed by atoms with Crippen LogP contribution in [0.4, 0.5) is 0 Å². The molecule has 4 rings (SSSR count). The summed E-state index contributed by atoms with van der Waals surface area (Å²) < 4.78 is 10.7. The molecule has 4 N–H and O–H groups in total. The fraction of sp³-hybridized carbons (Fsp3) is 0.171. The number of carbonyl (C=O) groups excluding carboxylic acids is 2. The zero-order valence-corrected chi connectivity index (χ0v) is 24.0. The van der Waals surface area contributed by atoms with Gasteiger partial charge in [-0.15, -0.1) is 0 Å². The van der Waals surface area contributed by atoms with Gasteiger partial charge in [-0.2, -0.15) is 0 Å². The Hall–Kier alpha value is -5.17. The molecular weight excluding hydrogens is 526 g/mol. The highest BCUT2D eigenvalue weighted by Gasteiger charge is 2.30. The molecule has 7 heteroatoms. The number of rotatable bonds is 11. The minimum absolute atomic E-state index is 0.0630. The van der Waals surface area contributed by atoms with E-state index in [9.17, 15) is 9.59 Å². The summed E-state index contributed by atoms with van der Waals surface area (Å²) in [5.41, 5.74) is 11.4. The third-order valence-corrected chi connectivity index (χ3v) is 7.04. The molecule has 0 spiro atoms. The van der Waals surface area contributed by atoms with Gasteiger partial charge in [-0.25, -0.2) is 0 Å². The van der Waals surface area contributed by atoms with Crippen molar-refractivity contribution in [2.45, 2.75) is 19.4 Å². The van der Waals surface area contributed by atoms with Crippen molar-refractivity contribution in [3.05, 3.63) is 131 Å². The summed E-state index contributed by atoms with van der Waals surface area (Å²) in [6.45, 7) is 2.00. The van der Waals surface area contributed by atoms with Gasteiger partial charge >= 0.3 is 5.97 Å². The molecule has 4 aromatic rings. The second-order valence-corrected chi connectivity index (χ2v) is 10.00. The van der Waals surface area contributed by atoms with E-state index < -0.39 is 17.9 Å². The Morgan fingerprint density at radius 3 is 2.31 bits per heavy atom. The van der Waals surface area contributed by atoms with Crippen LogP contribution in [0.2, 0.25) is 0 Å². The number of hydrogen-bond donors (Lipinski definition) is 3. The SMILES string of the molecule is COC(=O)C(Cc1cccc(C(=N)N)c1)C(/C=C/c1ccccc1)NC(=O)c1ccc(-c2ccc(C)cc2OC)cc1. The summed E-state index contributed by atoms with van der Waals surface area (Å²) in [7, 11) is 2.97. The summed E-state index contributed by atoms with van der Waals surface area (Å²) in [5, 5.41) is 10.8. The molecule has 214 valence electrons. The number of nitrogens with two attached hydrogens (primary N) is 1. The second kappa shape index (κ2) is 13.9. The van der Waals surface area contributed by atoms with Crippen LogP contribution in [0.25, 0.3) is 17.2 Å². The normalized spacial score (nSPS) is 12.4. The first-order valence-electron chi connectivity index (χ1n) is 13.6. The Morgan fingerprint density at radius 2 is 1.64 bits per heavy atom. The minimum Gasteiger partial charge on any atom is -0.496 e. The molecule has 0 aromatic heterocycles. The first-order chi connectivity index (χ1) is 20.3. The van der Waals surface area contributed by atoms with Crippen LogP contribution in [-0.4, -0.2) is 38.0 Å². The molecular formula is C35H35N3O4. The number of hydrogen-bond acceptors (Lipinski definition) is 5. The molecule has 0 fully saturated rings. The third-order valence-electron chi connectivity index (χ3n) is 7.04. The lowest BCUT2D eigenvalue weighted by molar-refractivity contribution is -0.145. The van der Waals surface area contributed by atoms with Crippen LogP contribution in [0.3, 0.4) is 0 Å². The van der Waals surface area contributed by atoms with E-state index in [2.05, 4.69) is 5.32 Å². The number of aryl methyl sites for hydroxylation is 1. The van der Waals surface area contributed by atoms with E-state index in [1.54, 1.807) is 37.4 Å². The molecule has 4 aromatic carbocycles. The first kappa shape index (κ1) is 29.8. The van der Waals surface area contributed by atoms with E-state index in [-0.39, 0.29) is 18.2 Å². The number of carbonyl (C=O) groups is 2. The maximum atomic E-state index is 13.5. The van der Waals surface area contributed by atoms with E-state index in [1.165, 1.54) is 7.11 Å². The Bertz CT molecular complexity index is 1580. The number of ether oxygens (including phenoxy) is 2. The molecule has 0 heterocycles. The van der Waals surface area contributed by atoms with Crippen LogP contribution in [0.5, 0.6) is 5.75 Å². The molecule has 0 aliphatic heterocycles. The third kappa shape index (κ3) is 7.52. The van der Waals surface area contributed by atoms with Gasteiger partial charge in [0.2, 0.25) is 0 Å². The summed E-state index contributed by atoms with van der Waals surface area (Å²) in [4.78, 5) is 26.6. The first-order valence-corrected chi connectivity index (χ1v) is 13.6. The Morgan fingerprint density at radius 1 is 0.905 bits per heavy atom. The molecule has 0 saturated heterocycles. The predicted octanol–water partition coefficient (Wildman–Crippen LogP) is 5.80. The van der Waals surface area contributed by atoms with Crippen LogP contribution in [0.15, 0.2) is 103 Å². The second-order valence-electron chi connectivity index (χ2n) is 10.00. The standard InChI is InChI=1S/C35H35N3O4/c1-23-12-18-29(32(20-23)41-2)26-14-16-27(17-15-26)34(39)38-31(19-13-24-8-5-4-6-9-24)30(35(40)42-3)22-25-10-7-11-28(21-25)33(36)37/h4-21,30-31H,22H2,1-3H3,(H3,36,37)(H,38,39)/b19-13+. The van der Waals surface area contributed by atoms with Crippen LogP contribution in [-0.2, 0) is 16.0 Å². The summed E-state index contributed by atoms with van der Waals surface area (Å²) in [6.07, 6.45) is 3.96. The molecule has 0 bridgehead atoms. The van der Waals surface area contributed by atoms with Gasteiger partial charge < -0.3 is 20.5 Å².